The van der Waals surface area contributed by atoms with Crippen LogP contribution in [0, 0.1) is 0 Å². The van der Waals surface area contributed by atoms with Crippen molar-refractivity contribution in [2.45, 2.75) is 6.04 Å². The van der Waals surface area contributed by atoms with E-state index >= 15 is 0 Å². The zero-order chi connectivity index (χ0) is 9.68. The van der Waals surface area contributed by atoms with Crippen LogP contribution < -0.4 is 10.1 Å². The summed E-state index contributed by atoms with van der Waals surface area (Å²) in [6.07, 6.45) is 0.870. The molecule has 1 aromatic carbocycles. The maximum Gasteiger partial charge on any atom is 0.141 e. The van der Waals surface area contributed by atoms with E-state index in [9.17, 15) is 4.79 Å². The first-order valence-electron chi connectivity index (χ1n) is 4.08. The largest absolute Gasteiger partial charge is 0.497 e. The van der Waals surface area contributed by atoms with Crippen LogP contribution in [-0.4, -0.2) is 20.4 Å². The fourth-order valence-corrected chi connectivity index (χ4v) is 1.15. The molecule has 0 fully saturated rings. The highest BCUT2D eigenvalue weighted by atomic mass is 35.5. The molecule has 0 radical (unpaired) electrons. The average Bonchev–Trinajstić information content (AvgIpc) is 2.20. The minimum absolute atomic E-state index is 0. The highest BCUT2D eigenvalue weighted by Gasteiger charge is 2.07. The van der Waals surface area contributed by atoms with Crippen LogP contribution in [-0.2, 0) is 4.79 Å². The van der Waals surface area contributed by atoms with Crippen LogP contribution >= 0.6 is 12.4 Å². The predicted octanol–water partition coefficient (Wildman–Crippen LogP) is 1.58. The molecule has 0 aliphatic carbocycles. The van der Waals surface area contributed by atoms with E-state index in [1.807, 2.05) is 24.3 Å². The van der Waals surface area contributed by atoms with Crippen molar-refractivity contribution in [3.63, 3.8) is 0 Å². The number of nitrogens with one attached hydrogen (secondary N) is 1. The highest BCUT2D eigenvalue weighted by molar-refractivity contribution is 5.85. The van der Waals surface area contributed by atoms with E-state index in [4.69, 9.17) is 4.74 Å². The predicted molar refractivity (Wildman–Crippen MR) is 58.1 cm³/mol. The van der Waals surface area contributed by atoms with Crippen molar-refractivity contribution in [2.75, 3.05) is 14.2 Å². The van der Waals surface area contributed by atoms with Gasteiger partial charge in [0.25, 0.3) is 0 Å². The number of carbonyl (C=O) groups excluding carboxylic acids is 1. The Morgan fingerprint density at radius 1 is 1.50 bits per heavy atom. The van der Waals surface area contributed by atoms with E-state index in [0.717, 1.165) is 17.6 Å². The Bertz CT molecular complexity index is 291. The minimum Gasteiger partial charge on any atom is -0.497 e. The molecule has 3 nitrogen and oxygen atoms in total. The third-order valence-corrected chi connectivity index (χ3v) is 1.90. The van der Waals surface area contributed by atoms with E-state index in [-0.39, 0.29) is 18.4 Å². The second kappa shape index (κ2) is 6.40. The molecule has 0 spiro atoms. The van der Waals surface area contributed by atoms with Gasteiger partial charge in [-0.1, -0.05) is 12.1 Å². The summed E-state index contributed by atoms with van der Waals surface area (Å²) in [5, 5.41) is 2.90. The first kappa shape index (κ1) is 12.9. The summed E-state index contributed by atoms with van der Waals surface area (Å²) in [4.78, 5) is 10.6. The Hall–Kier alpha value is -1.06. The highest BCUT2D eigenvalue weighted by Crippen LogP contribution is 2.17. The molecule has 0 aromatic heterocycles. The fourth-order valence-electron chi connectivity index (χ4n) is 1.15. The number of rotatable bonds is 4. The lowest BCUT2D eigenvalue weighted by Crippen LogP contribution is -2.17. The van der Waals surface area contributed by atoms with E-state index in [1.165, 1.54) is 0 Å². The third kappa shape index (κ3) is 3.01. The van der Waals surface area contributed by atoms with Gasteiger partial charge in [-0.3, -0.25) is 0 Å². The maximum absolute atomic E-state index is 10.6. The lowest BCUT2D eigenvalue weighted by atomic mass is 10.1. The van der Waals surface area contributed by atoms with Crippen molar-refractivity contribution in [3.8, 4) is 5.75 Å². The summed E-state index contributed by atoms with van der Waals surface area (Å²) in [6.45, 7) is 0. The van der Waals surface area contributed by atoms with Crippen molar-refractivity contribution in [1.29, 1.82) is 0 Å². The minimum atomic E-state index is -0.255. The van der Waals surface area contributed by atoms with Crippen LogP contribution in [0.15, 0.2) is 24.3 Å². The van der Waals surface area contributed by atoms with Crippen LogP contribution in [0.1, 0.15) is 11.6 Å². The third-order valence-electron chi connectivity index (χ3n) is 1.90. The van der Waals surface area contributed by atoms with E-state index in [2.05, 4.69) is 5.32 Å². The van der Waals surface area contributed by atoms with Crippen LogP contribution in [0.3, 0.4) is 0 Å². The first-order chi connectivity index (χ1) is 6.31. The van der Waals surface area contributed by atoms with Gasteiger partial charge < -0.3 is 14.8 Å². The zero-order valence-electron chi connectivity index (χ0n) is 8.19. The molecule has 0 aliphatic rings. The summed E-state index contributed by atoms with van der Waals surface area (Å²) < 4.78 is 5.05. The number of aldehydes is 1. The van der Waals surface area contributed by atoms with Gasteiger partial charge >= 0.3 is 0 Å². The fraction of sp³-hybridized carbons (Fsp3) is 0.300. The first-order valence-corrected chi connectivity index (χ1v) is 4.08. The molecule has 1 atom stereocenters. The Morgan fingerprint density at radius 3 is 2.71 bits per heavy atom. The lowest BCUT2D eigenvalue weighted by Gasteiger charge is -2.09. The Balaban J connectivity index is 0.00000169. The lowest BCUT2D eigenvalue weighted by molar-refractivity contribution is -0.109. The molecule has 1 aromatic rings. The van der Waals surface area contributed by atoms with Gasteiger partial charge in [-0.05, 0) is 24.7 Å². The van der Waals surface area contributed by atoms with Crippen molar-refractivity contribution < 1.29 is 9.53 Å². The average molecular weight is 216 g/mol. The number of halogens is 1. The van der Waals surface area contributed by atoms with Crippen LogP contribution in [0.25, 0.3) is 0 Å². The molecule has 78 valence electrons. The molecule has 0 bridgehead atoms. The quantitative estimate of drug-likeness (QED) is 0.775. The van der Waals surface area contributed by atoms with Gasteiger partial charge in [0.2, 0.25) is 0 Å². The summed E-state index contributed by atoms with van der Waals surface area (Å²) in [5.41, 5.74) is 0.914. The number of benzene rings is 1. The van der Waals surface area contributed by atoms with Gasteiger partial charge in [0, 0.05) is 0 Å². The second-order valence-corrected chi connectivity index (χ2v) is 2.68. The molecule has 1 unspecified atom stereocenters. The molecule has 4 heteroatoms. The van der Waals surface area contributed by atoms with Gasteiger partial charge in [-0.2, -0.15) is 0 Å². The van der Waals surface area contributed by atoms with E-state index < -0.39 is 0 Å². The van der Waals surface area contributed by atoms with Gasteiger partial charge in [0.1, 0.15) is 12.0 Å². The summed E-state index contributed by atoms with van der Waals surface area (Å²) in [6, 6.07) is 7.19. The number of likely N-dealkylation sites (N-methyl/N-ethyl adjacent to an activating group) is 1. The number of hydrogen-bond donors (Lipinski definition) is 1. The molecular weight excluding hydrogens is 202 g/mol. The monoisotopic (exact) mass is 215 g/mol. The second-order valence-electron chi connectivity index (χ2n) is 2.68. The van der Waals surface area contributed by atoms with Crippen molar-refractivity contribution >= 4 is 18.7 Å². The number of carbonyl (C=O) groups is 1. The maximum atomic E-state index is 10.6. The Morgan fingerprint density at radius 2 is 2.21 bits per heavy atom. The molecule has 0 saturated heterocycles. The van der Waals surface area contributed by atoms with Gasteiger partial charge in [0.05, 0.1) is 13.2 Å². The number of hydrogen-bond acceptors (Lipinski definition) is 3. The van der Waals surface area contributed by atoms with Crippen LogP contribution in [0.5, 0.6) is 5.75 Å². The standard InChI is InChI=1S/C10H13NO2.ClH/c1-11-10(7-12)8-4-3-5-9(6-8)13-2;/h3-7,10-11H,1-2H3;1H. The Labute approximate surface area is 89.9 Å². The van der Waals surface area contributed by atoms with Gasteiger partial charge in [-0.15, -0.1) is 12.4 Å². The Kier molecular flexibility index (Phi) is 5.92. The molecular formula is C10H14ClNO2. The molecule has 0 heterocycles. The smallest absolute Gasteiger partial charge is 0.141 e. The number of methoxy groups -OCH3 is 1. The molecule has 0 aliphatic heterocycles. The SMILES string of the molecule is CNC(C=O)c1cccc(OC)c1.Cl. The molecule has 1 rings (SSSR count). The summed E-state index contributed by atoms with van der Waals surface area (Å²) in [7, 11) is 3.35. The van der Waals surface area contributed by atoms with Crippen molar-refractivity contribution in [1.82, 2.24) is 5.32 Å². The van der Waals surface area contributed by atoms with E-state index in [0.29, 0.717) is 0 Å². The van der Waals surface area contributed by atoms with E-state index in [1.54, 1.807) is 14.2 Å². The van der Waals surface area contributed by atoms with Crippen molar-refractivity contribution in [2.24, 2.45) is 0 Å². The van der Waals surface area contributed by atoms with Crippen molar-refractivity contribution in [3.05, 3.63) is 29.8 Å². The summed E-state index contributed by atoms with van der Waals surface area (Å²) >= 11 is 0. The number of ether oxygens (including phenoxy) is 1. The van der Waals surface area contributed by atoms with Crippen LogP contribution in [0.2, 0.25) is 0 Å². The molecule has 0 saturated carbocycles. The molecule has 1 N–H and O–H groups in total. The molecule has 0 amide bonds. The van der Waals surface area contributed by atoms with Crippen LogP contribution in [0.4, 0.5) is 0 Å². The topological polar surface area (TPSA) is 38.3 Å². The normalized spacial score (nSPS) is 11.3. The van der Waals surface area contributed by atoms with Gasteiger partial charge in [-0.25, -0.2) is 0 Å². The zero-order valence-corrected chi connectivity index (χ0v) is 9.01. The van der Waals surface area contributed by atoms with Gasteiger partial charge in [0.15, 0.2) is 0 Å². The summed E-state index contributed by atoms with van der Waals surface area (Å²) in [5.74, 6) is 0.764. The molecule has 14 heavy (non-hydrogen) atoms.